The fourth-order valence-corrected chi connectivity index (χ4v) is 0.883. The maximum absolute atomic E-state index is 4.93. The summed E-state index contributed by atoms with van der Waals surface area (Å²) in [6, 6.07) is 8.29. The van der Waals surface area contributed by atoms with Gasteiger partial charge in [-0.3, -0.25) is 0 Å². The minimum atomic E-state index is 1.00. The van der Waals surface area contributed by atoms with Crippen molar-refractivity contribution in [3.05, 3.63) is 41.7 Å². The Labute approximate surface area is 59.9 Å². The van der Waals surface area contributed by atoms with Crippen molar-refractivity contribution in [3.8, 4) is 0 Å². The lowest BCUT2D eigenvalue weighted by Gasteiger charge is -1.92. The molecule has 0 spiro atoms. The average molecular weight is 132 g/mol. The molecule has 1 heteroatoms. The molecular weight excluding hydrogens is 124 g/mol. The number of benzene rings is 1. The Morgan fingerprint density at radius 2 is 1.70 bits per heavy atom. The van der Waals surface area contributed by atoms with Crippen molar-refractivity contribution in [2.75, 3.05) is 0 Å². The summed E-state index contributed by atoms with van der Waals surface area (Å²) in [5.74, 6) is 1.00. The molecule has 0 fully saturated rings. The van der Waals surface area contributed by atoms with Gasteiger partial charge in [0.1, 0.15) is 6.26 Å². The quantitative estimate of drug-likeness (QED) is 0.571. The smallest absolute Gasteiger partial charge is 0.168 e. The third-order valence-corrected chi connectivity index (χ3v) is 1.57. The van der Waals surface area contributed by atoms with Gasteiger partial charge in [0.05, 0.1) is 0 Å². The van der Waals surface area contributed by atoms with Crippen molar-refractivity contribution >= 4 is 5.76 Å². The van der Waals surface area contributed by atoms with Crippen LogP contribution in [0.4, 0.5) is 0 Å². The second kappa shape index (κ2) is 1.87. The van der Waals surface area contributed by atoms with Gasteiger partial charge in [-0.15, -0.1) is 0 Å². The van der Waals surface area contributed by atoms with Crippen LogP contribution in [0.15, 0.2) is 30.5 Å². The maximum atomic E-state index is 4.93. The van der Waals surface area contributed by atoms with Crippen LogP contribution in [0.3, 0.4) is 0 Å². The normalized spacial score (nSPS) is 13.9. The molecule has 1 nitrogen and oxygen atoms in total. The summed E-state index contributed by atoms with van der Waals surface area (Å²) in [6.07, 6.45) is 1.75. The van der Waals surface area contributed by atoms with Gasteiger partial charge in [-0.2, -0.15) is 0 Å². The van der Waals surface area contributed by atoms with Crippen LogP contribution in [-0.4, -0.2) is 0 Å². The summed E-state index contributed by atoms with van der Waals surface area (Å²) in [7, 11) is 0. The third-order valence-electron chi connectivity index (χ3n) is 1.57. The Morgan fingerprint density at radius 1 is 1.10 bits per heavy atom. The highest BCUT2D eigenvalue weighted by Crippen LogP contribution is 2.26. The van der Waals surface area contributed by atoms with Gasteiger partial charge >= 0.3 is 0 Å². The molecule has 2 rings (SSSR count). The van der Waals surface area contributed by atoms with Crippen LogP contribution in [0, 0.1) is 6.92 Å². The van der Waals surface area contributed by atoms with Crippen LogP contribution in [0.2, 0.25) is 0 Å². The van der Waals surface area contributed by atoms with Crippen molar-refractivity contribution in [3.63, 3.8) is 0 Å². The first-order chi connectivity index (χ1) is 4.86. The molecule has 1 aliphatic rings. The van der Waals surface area contributed by atoms with Gasteiger partial charge in [0, 0.05) is 5.56 Å². The van der Waals surface area contributed by atoms with E-state index in [0.29, 0.717) is 0 Å². The Morgan fingerprint density at radius 3 is 2.20 bits per heavy atom. The number of hydrogen-bond acceptors (Lipinski definition) is 1. The van der Waals surface area contributed by atoms with Gasteiger partial charge in [0.25, 0.3) is 0 Å². The van der Waals surface area contributed by atoms with Gasteiger partial charge in [-0.1, -0.05) is 29.8 Å². The highest BCUT2D eigenvalue weighted by molar-refractivity contribution is 5.66. The summed E-state index contributed by atoms with van der Waals surface area (Å²) in [5.41, 5.74) is 2.45. The molecule has 0 aliphatic carbocycles. The Balaban J connectivity index is 2.37. The first kappa shape index (κ1) is 5.54. The number of ether oxygens (including phenoxy) is 1. The van der Waals surface area contributed by atoms with Crippen molar-refractivity contribution in [2.24, 2.45) is 0 Å². The molecule has 0 atom stereocenters. The monoisotopic (exact) mass is 132 g/mol. The molecule has 0 amide bonds. The first-order valence-corrected chi connectivity index (χ1v) is 3.30. The van der Waals surface area contributed by atoms with Crippen molar-refractivity contribution in [1.82, 2.24) is 0 Å². The van der Waals surface area contributed by atoms with Gasteiger partial charge in [0.2, 0.25) is 0 Å². The average Bonchev–Trinajstić information content (AvgIpc) is 2.71. The van der Waals surface area contributed by atoms with Crippen LogP contribution in [-0.2, 0) is 4.74 Å². The van der Waals surface area contributed by atoms with Crippen molar-refractivity contribution in [1.29, 1.82) is 0 Å². The summed E-state index contributed by atoms with van der Waals surface area (Å²) < 4.78 is 4.93. The summed E-state index contributed by atoms with van der Waals surface area (Å²) in [6.45, 7) is 2.08. The topological polar surface area (TPSA) is 12.5 Å². The molecule has 0 bridgehead atoms. The van der Waals surface area contributed by atoms with E-state index in [1.54, 1.807) is 6.26 Å². The standard InChI is InChI=1S/C9H8O/c1-7-2-4-8(5-3-7)9-6-10-9/h2-6H,1H3. The Hall–Kier alpha value is -1.24. The van der Waals surface area contributed by atoms with Gasteiger partial charge < -0.3 is 4.74 Å². The lowest BCUT2D eigenvalue weighted by atomic mass is 10.1. The van der Waals surface area contributed by atoms with E-state index in [2.05, 4.69) is 31.2 Å². The molecule has 50 valence electrons. The number of hydrogen-bond donors (Lipinski definition) is 0. The molecule has 0 saturated heterocycles. The molecule has 1 aromatic carbocycles. The molecule has 10 heavy (non-hydrogen) atoms. The maximum Gasteiger partial charge on any atom is 0.168 e. The minimum absolute atomic E-state index is 1.00. The minimum Gasteiger partial charge on any atom is -0.457 e. The first-order valence-electron chi connectivity index (χ1n) is 3.30. The second-order valence-electron chi connectivity index (χ2n) is 2.47. The van der Waals surface area contributed by atoms with E-state index >= 15 is 0 Å². The fraction of sp³-hybridized carbons (Fsp3) is 0.111. The van der Waals surface area contributed by atoms with Crippen LogP contribution in [0.25, 0.3) is 5.76 Å². The van der Waals surface area contributed by atoms with E-state index in [1.165, 1.54) is 11.1 Å². The van der Waals surface area contributed by atoms with Crippen LogP contribution in [0.1, 0.15) is 11.1 Å². The van der Waals surface area contributed by atoms with Crippen LogP contribution < -0.4 is 0 Å². The van der Waals surface area contributed by atoms with Crippen LogP contribution in [0.5, 0.6) is 0 Å². The fourth-order valence-electron chi connectivity index (χ4n) is 0.883. The number of rotatable bonds is 1. The summed E-state index contributed by atoms with van der Waals surface area (Å²) in [4.78, 5) is 0. The predicted molar refractivity (Wildman–Crippen MR) is 40.2 cm³/mol. The molecule has 1 heterocycles. The van der Waals surface area contributed by atoms with Crippen molar-refractivity contribution in [2.45, 2.75) is 6.92 Å². The van der Waals surface area contributed by atoms with E-state index in [-0.39, 0.29) is 0 Å². The van der Waals surface area contributed by atoms with Crippen LogP contribution >= 0.6 is 0 Å². The molecule has 0 aromatic heterocycles. The highest BCUT2D eigenvalue weighted by Gasteiger charge is 2.11. The van der Waals surface area contributed by atoms with E-state index in [0.717, 1.165) is 5.76 Å². The zero-order valence-electron chi connectivity index (χ0n) is 5.79. The Bertz CT molecular complexity index is 269. The van der Waals surface area contributed by atoms with Gasteiger partial charge in [-0.25, -0.2) is 0 Å². The van der Waals surface area contributed by atoms with Crippen molar-refractivity contribution < 1.29 is 4.74 Å². The molecule has 0 unspecified atom stereocenters. The molecule has 1 aliphatic heterocycles. The van der Waals surface area contributed by atoms with Gasteiger partial charge in [-0.05, 0) is 6.92 Å². The molecule has 1 aromatic rings. The summed E-state index contributed by atoms with van der Waals surface area (Å²) in [5, 5.41) is 0. The largest absolute Gasteiger partial charge is 0.457 e. The molecular formula is C9H8O. The molecule has 0 saturated carbocycles. The summed E-state index contributed by atoms with van der Waals surface area (Å²) >= 11 is 0. The van der Waals surface area contributed by atoms with E-state index < -0.39 is 0 Å². The zero-order valence-corrected chi connectivity index (χ0v) is 5.79. The van der Waals surface area contributed by atoms with Gasteiger partial charge in [0.15, 0.2) is 5.76 Å². The lowest BCUT2D eigenvalue weighted by Crippen LogP contribution is -1.74. The Kier molecular flexibility index (Phi) is 1.04. The molecule has 0 radical (unpaired) electrons. The lowest BCUT2D eigenvalue weighted by molar-refractivity contribution is 0.563. The van der Waals surface area contributed by atoms with E-state index in [9.17, 15) is 0 Å². The second-order valence-corrected chi connectivity index (χ2v) is 2.47. The van der Waals surface area contributed by atoms with E-state index in [4.69, 9.17) is 4.74 Å². The SMILES string of the molecule is Cc1ccc(C2=CO2)cc1. The molecule has 0 N–H and O–H groups in total. The van der Waals surface area contributed by atoms with E-state index in [1.807, 2.05) is 0 Å². The third kappa shape index (κ3) is 0.903. The predicted octanol–water partition coefficient (Wildman–Crippen LogP) is 2.32. The number of aryl methyl sites for hydroxylation is 1. The highest BCUT2D eigenvalue weighted by atomic mass is 16.5. The zero-order chi connectivity index (χ0) is 6.97.